The highest BCUT2D eigenvalue weighted by molar-refractivity contribution is 7.91. The van der Waals surface area contributed by atoms with E-state index in [0.717, 1.165) is 50.9 Å². The zero-order chi connectivity index (χ0) is 21.0. The van der Waals surface area contributed by atoms with Gasteiger partial charge < -0.3 is 14.1 Å². The Hall–Kier alpha value is -1.38. The van der Waals surface area contributed by atoms with Crippen LogP contribution in [0, 0.1) is 0 Å². The highest BCUT2D eigenvalue weighted by Gasteiger charge is 2.39. The quantitative estimate of drug-likeness (QED) is 0.621. The van der Waals surface area contributed by atoms with Crippen molar-refractivity contribution in [2.24, 2.45) is 0 Å². The maximum Gasteiger partial charge on any atom is 0.237 e. The first kappa shape index (κ1) is 21.8. The van der Waals surface area contributed by atoms with Crippen LogP contribution in [0.4, 0.5) is 0 Å². The van der Waals surface area contributed by atoms with Crippen LogP contribution in [0.5, 0.6) is 0 Å². The molecule has 8 heteroatoms. The third-order valence-electron chi connectivity index (χ3n) is 6.66. The van der Waals surface area contributed by atoms with E-state index >= 15 is 0 Å². The van der Waals surface area contributed by atoms with E-state index in [9.17, 15) is 13.2 Å². The minimum atomic E-state index is -3.04. The van der Waals surface area contributed by atoms with Crippen molar-refractivity contribution in [2.45, 2.75) is 76.1 Å². The van der Waals surface area contributed by atoms with E-state index in [1.807, 2.05) is 17.0 Å². The Morgan fingerprint density at radius 1 is 1.07 bits per heavy atom. The van der Waals surface area contributed by atoms with Gasteiger partial charge in [0.05, 0.1) is 37.0 Å². The molecule has 0 N–H and O–H groups in total. The fraction of sp³-hybridized carbons (Fsp3) is 0.773. The molecule has 1 aromatic heterocycles. The summed E-state index contributed by atoms with van der Waals surface area (Å²) in [6.45, 7) is 2.29. The third kappa shape index (κ3) is 5.65. The van der Waals surface area contributed by atoms with E-state index in [1.54, 1.807) is 6.26 Å². The zero-order valence-corrected chi connectivity index (χ0v) is 18.5. The second-order valence-electron chi connectivity index (χ2n) is 9.03. The fourth-order valence-electron chi connectivity index (χ4n) is 5.22. The average molecular weight is 439 g/mol. The highest BCUT2D eigenvalue weighted by atomic mass is 32.2. The molecule has 7 nitrogen and oxygen atoms in total. The number of ether oxygens (including phenoxy) is 1. The lowest BCUT2D eigenvalue weighted by atomic mass is 9.92. The largest absolute Gasteiger partial charge is 0.468 e. The lowest BCUT2D eigenvalue weighted by Crippen LogP contribution is -2.52. The van der Waals surface area contributed by atoms with Gasteiger partial charge in [0.25, 0.3) is 0 Å². The van der Waals surface area contributed by atoms with Crippen LogP contribution in [-0.4, -0.2) is 73.5 Å². The normalized spacial score (nSPS) is 27.0. The molecule has 3 aliphatic rings. The van der Waals surface area contributed by atoms with Gasteiger partial charge in [0, 0.05) is 25.2 Å². The average Bonchev–Trinajstić information content (AvgIpc) is 3.46. The molecule has 0 bridgehead atoms. The van der Waals surface area contributed by atoms with Crippen molar-refractivity contribution in [3.05, 3.63) is 24.2 Å². The van der Waals surface area contributed by atoms with Crippen LogP contribution in [0.1, 0.15) is 57.1 Å². The molecule has 1 aromatic rings. The molecule has 168 valence electrons. The summed E-state index contributed by atoms with van der Waals surface area (Å²) in [5.41, 5.74) is 0. The van der Waals surface area contributed by atoms with Gasteiger partial charge in [0.2, 0.25) is 5.91 Å². The van der Waals surface area contributed by atoms with Gasteiger partial charge in [-0.05, 0) is 44.2 Å². The van der Waals surface area contributed by atoms with Crippen LogP contribution in [-0.2, 0) is 25.9 Å². The summed E-state index contributed by atoms with van der Waals surface area (Å²) < 4.78 is 35.6. The molecule has 0 spiro atoms. The predicted octanol–water partition coefficient (Wildman–Crippen LogP) is 2.61. The lowest BCUT2D eigenvalue weighted by molar-refractivity contribution is -0.138. The van der Waals surface area contributed by atoms with Crippen molar-refractivity contribution in [3.63, 3.8) is 0 Å². The monoisotopic (exact) mass is 438 g/mol. The van der Waals surface area contributed by atoms with Crippen LogP contribution in [0.25, 0.3) is 0 Å². The summed E-state index contributed by atoms with van der Waals surface area (Å²) in [6.07, 6.45) is 9.80. The fourth-order valence-corrected chi connectivity index (χ4v) is 6.93. The van der Waals surface area contributed by atoms with Crippen molar-refractivity contribution in [3.8, 4) is 0 Å². The summed E-state index contributed by atoms with van der Waals surface area (Å²) in [6, 6.07) is 3.77. The second-order valence-corrected chi connectivity index (χ2v) is 11.3. The van der Waals surface area contributed by atoms with Crippen LogP contribution in [0.2, 0.25) is 0 Å². The lowest BCUT2D eigenvalue weighted by Gasteiger charge is -2.39. The van der Waals surface area contributed by atoms with Gasteiger partial charge in [-0.15, -0.1) is 0 Å². The van der Waals surface area contributed by atoms with Crippen molar-refractivity contribution in [1.29, 1.82) is 0 Å². The number of nitrogens with zero attached hydrogens (tertiary/aromatic N) is 2. The Labute approximate surface area is 179 Å². The van der Waals surface area contributed by atoms with Crippen LogP contribution in [0.15, 0.2) is 22.8 Å². The number of sulfone groups is 1. The Kier molecular flexibility index (Phi) is 7.16. The number of rotatable bonds is 8. The number of hydrogen-bond acceptors (Lipinski definition) is 6. The molecule has 3 heterocycles. The molecule has 2 unspecified atom stereocenters. The molecule has 2 atom stereocenters. The molecule has 30 heavy (non-hydrogen) atoms. The topological polar surface area (TPSA) is 80.1 Å². The molecule has 0 aromatic carbocycles. The molecular formula is C22H34N2O5S. The Morgan fingerprint density at radius 3 is 2.53 bits per heavy atom. The molecular weight excluding hydrogens is 404 g/mol. The molecule has 4 rings (SSSR count). The number of hydrogen-bond donors (Lipinski definition) is 0. The smallest absolute Gasteiger partial charge is 0.237 e. The summed E-state index contributed by atoms with van der Waals surface area (Å²) in [5.74, 6) is 1.18. The molecule has 3 fully saturated rings. The SMILES string of the molecule is O=C(CN(Cc1ccco1)CC1CCCO1)N(C1CCCCC1)C1CCS(=O)(=O)C1. The first-order valence-corrected chi connectivity index (χ1v) is 13.2. The van der Waals surface area contributed by atoms with Gasteiger partial charge in [0.15, 0.2) is 9.84 Å². The van der Waals surface area contributed by atoms with Crippen molar-refractivity contribution in [1.82, 2.24) is 9.80 Å². The standard InChI is InChI=1S/C22H34N2O5S/c25-22(16-23(14-20-8-4-11-28-20)15-21-9-5-12-29-21)24(18-6-2-1-3-7-18)19-10-13-30(26,27)17-19/h4,8,11,18-19,21H,1-3,5-7,9-10,12-17H2. The van der Waals surface area contributed by atoms with Crippen LogP contribution >= 0.6 is 0 Å². The van der Waals surface area contributed by atoms with Gasteiger partial charge in [-0.1, -0.05) is 19.3 Å². The van der Waals surface area contributed by atoms with Gasteiger partial charge in [0.1, 0.15) is 5.76 Å². The highest BCUT2D eigenvalue weighted by Crippen LogP contribution is 2.29. The summed E-state index contributed by atoms with van der Waals surface area (Å²) in [7, 11) is -3.04. The van der Waals surface area contributed by atoms with Crippen LogP contribution < -0.4 is 0 Å². The maximum atomic E-state index is 13.6. The van der Waals surface area contributed by atoms with Crippen molar-refractivity contribution in [2.75, 3.05) is 31.2 Å². The number of furan rings is 1. The summed E-state index contributed by atoms with van der Waals surface area (Å²) in [4.78, 5) is 17.6. The first-order chi connectivity index (χ1) is 14.5. The molecule has 2 aliphatic heterocycles. The van der Waals surface area contributed by atoms with Gasteiger partial charge in [-0.2, -0.15) is 0 Å². The Morgan fingerprint density at radius 2 is 1.90 bits per heavy atom. The van der Waals surface area contributed by atoms with E-state index in [-0.39, 0.29) is 42.1 Å². The molecule has 1 saturated carbocycles. The minimum absolute atomic E-state index is 0.0496. The third-order valence-corrected chi connectivity index (χ3v) is 8.41. The van der Waals surface area contributed by atoms with Gasteiger partial charge in [-0.25, -0.2) is 8.42 Å². The van der Waals surface area contributed by atoms with E-state index in [0.29, 0.717) is 19.5 Å². The van der Waals surface area contributed by atoms with Crippen LogP contribution in [0.3, 0.4) is 0 Å². The second kappa shape index (κ2) is 9.83. The van der Waals surface area contributed by atoms with E-state index < -0.39 is 9.84 Å². The number of amides is 1. The van der Waals surface area contributed by atoms with E-state index in [1.165, 1.54) is 6.42 Å². The molecule has 0 radical (unpaired) electrons. The Bertz CT molecular complexity index is 782. The van der Waals surface area contributed by atoms with Crippen molar-refractivity contribution >= 4 is 15.7 Å². The van der Waals surface area contributed by atoms with Gasteiger partial charge >= 0.3 is 0 Å². The molecule has 1 amide bonds. The minimum Gasteiger partial charge on any atom is -0.468 e. The van der Waals surface area contributed by atoms with E-state index in [4.69, 9.17) is 9.15 Å². The Balaban J connectivity index is 1.48. The summed E-state index contributed by atoms with van der Waals surface area (Å²) >= 11 is 0. The summed E-state index contributed by atoms with van der Waals surface area (Å²) in [5, 5.41) is 0. The van der Waals surface area contributed by atoms with E-state index in [2.05, 4.69) is 4.90 Å². The maximum absolute atomic E-state index is 13.6. The van der Waals surface area contributed by atoms with Crippen molar-refractivity contribution < 1.29 is 22.4 Å². The van der Waals surface area contributed by atoms with Gasteiger partial charge in [-0.3, -0.25) is 9.69 Å². The zero-order valence-electron chi connectivity index (χ0n) is 17.7. The molecule has 1 aliphatic carbocycles. The molecule has 2 saturated heterocycles. The number of carbonyl (C=O) groups excluding carboxylic acids is 1. The first-order valence-electron chi connectivity index (χ1n) is 11.4. The predicted molar refractivity (Wildman–Crippen MR) is 114 cm³/mol. The number of carbonyl (C=O) groups is 1.